The van der Waals surface area contributed by atoms with Gasteiger partial charge in [-0.1, -0.05) is 35.9 Å². The topological polar surface area (TPSA) is 75.0 Å². The molecule has 3 rings (SSSR count). The van der Waals surface area contributed by atoms with Gasteiger partial charge in [0.25, 0.3) is 0 Å². The first-order valence-electron chi connectivity index (χ1n) is 9.20. The zero-order valence-corrected chi connectivity index (χ0v) is 17.3. The molecule has 146 valence electrons. The minimum absolute atomic E-state index is 0.298. The number of nitriles is 1. The summed E-state index contributed by atoms with van der Waals surface area (Å²) in [4.78, 5) is 16.7. The van der Waals surface area contributed by atoms with Gasteiger partial charge in [-0.2, -0.15) is 5.26 Å². The van der Waals surface area contributed by atoms with Crippen LogP contribution in [0.3, 0.4) is 0 Å². The van der Waals surface area contributed by atoms with Gasteiger partial charge < -0.3 is 10.1 Å². The third-order valence-corrected chi connectivity index (χ3v) is 5.18. The van der Waals surface area contributed by atoms with Crippen LogP contribution in [0.1, 0.15) is 33.4 Å². The monoisotopic (exact) mass is 403 g/mol. The number of para-hydroxylation sites is 1. The maximum atomic E-state index is 12.1. The Morgan fingerprint density at radius 1 is 1.28 bits per heavy atom. The molecule has 0 atom stereocenters. The lowest BCUT2D eigenvalue weighted by molar-refractivity contribution is 0.0527. The van der Waals surface area contributed by atoms with Crippen LogP contribution in [0.5, 0.6) is 0 Å². The molecule has 0 fully saturated rings. The van der Waals surface area contributed by atoms with Crippen LogP contribution in [0.25, 0.3) is 16.8 Å². The third-order valence-electron chi connectivity index (χ3n) is 4.31. The highest BCUT2D eigenvalue weighted by atomic mass is 32.1. The fourth-order valence-corrected chi connectivity index (χ4v) is 3.70. The molecule has 6 heteroatoms. The van der Waals surface area contributed by atoms with Crippen LogP contribution in [0.15, 0.2) is 54.0 Å². The van der Waals surface area contributed by atoms with Gasteiger partial charge in [-0.15, -0.1) is 11.3 Å². The summed E-state index contributed by atoms with van der Waals surface area (Å²) in [5.74, 6) is -0.408. The molecule has 29 heavy (non-hydrogen) atoms. The molecule has 5 nitrogen and oxygen atoms in total. The minimum Gasteiger partial charge on any atom is -0.462 e. The Bertz CT molecular complexity index is 1110. The fourth-order valence-electron chi connectivity index (χ4n) is 2.91. The molecule has 0 saturated heterocycles. The van der Waals surface area contributed by atoms with Gasteiger partial charge >= 0.3 is 5.97 Å². The number of carbonyl (C=O) groups is 1. The summed E-state index contributed by atoms with van der Waals surface area (Å²) in [6.45, 7) is 6.17. The summed E-state index contributed by atoms with van der Waals surface area (Å²) in [6.07, 6.45) is 1.57. The normalized spacial score (nSPS) is 11.0. The number of nitrogens with one attached hydrogen (secondary N) is 1. The standard InChI is InChI=1S/C23H21N3O2S/c1-4-28-23(27)19-7-5-6-8-20(19)25-13-17(12-24)22-26-21(14-29-22)18-10-9-15(2)11-16(18)3/h5-11,13-14,25H,4H2,1-3H3/b17-13+. The van der Waals surface area contributed by atoms with Crippen molar-refractivity contribution in [3.8, 4) is 17.3 Å². The molecule has 1 N–H and O–H groups in total. The average Bonchev–Trinajstić information content (AvgIpc) is 3.18. The van der Waals surface area contributed by atoms with Crippen molar-refractivity contribution in [1.29, 1.82) is 5.26 Å². The number of aryl methyl sites for hydroxylation is 2. The molecular weight excluding hydrogens is 382 g/mol. The van der Waals surface area contributed by atoms with Crippen molar-refractivity contribution in [2.75, 3.05) is 11.9 Å². The van der Waals surface area contributed by atoms with Gasteiger partial charge in [0.05, 0.1) is 23.6 Å². The number of carbonyl (C=O) groups excluding carboxylic acids is 1. The predicted molar refractivity (Wildman–Crippen MR) is 117 cm³/mol. The smallest absolute Gasteiger partial charge is 0.340 e. The molecule has 0 aliphatic carbocycles. The molecule has 0 spiro atoms. The Kier molecular flexibility index (Phi) is 6.43. The van der Waals surface area contributed by atoms with Crippen molar-refractivity contribution < 1.29 is 9.53 Å². The van der Waals surface area contributed by atoms with Gasteiger partial charge in [0.1, 0.15) is 16.6 Å². The lowest BCUT2D eigenvalue weighted by Gasteiger charge is -2.08. The van der Waals surface area contributed by atoms with Crippen LogP contribution in [0.4, 0.5) is 5.69 Å². The predicted octanol–water partition coefficient (Wildman–Crippen LogP) is 5.58. The Hall–Kier alpha value is -3.43. The molecule has 0 radical (unpaired) electrons. The van der Waals surface area contributed by atoms with Crippen molar-refractivity contribution in [2.45, 2.75) is 20.8 Å². The summed E-state index contributed by atoms with van der Waals surface area (Å²) >= 11 is 1.41. The number of rotatable bonds is 6. The lowest BCUT2D eigenvalue weighted by Crippen LogP contribution is -2.07. The maximum Gasteiger partial charge on any atom is 0.340 e. The van der Waals surface area contributed by atoms with Gasteiger partial charge in [0, 0.05) is 17.1 Å². The highest BCUT2D eigenvalue weighted by Crippen LogP contribution is 2.29. The summed E-state index contributed by atoms with van der Waals surface area (Å²) in [5.41, 5.74) is 5.62. The molecule has 0 aliphatic rings. The Morgan fingerprint density at radius 3 is 2.79 bits per heavy atom. The third kappa shape index (κ3) is 4.71. The molecule has 1 aromatic heterocycles. The van der Waals surface area contributed by atoms with Gasteiger partial charge in [-0.3, -0.25) is 0 Å². The maximum absolute atomic E-state index is 12.1. The van der Waals surface area contributed by atoms with Crippen molar-refractivity contribution >= 4 is 28.6 Å². The second-order valence-electron chi connectivity index (χ2n) is 6.44. The highest BCUT2D eigenvalue weighted by Gasteiger charge is 2.13. The van der Waals surface area contributed by atoms with E-state index in [-0.39, 0.29) is 0 Å². The number of nitrogens with zero attached hydrogens (tertiary/aromatic N) is 2. The van der Waals surface area contributed by atoms with E-state index in [1.165, 1.54) is 16.9 Å². The lowest BCUT2D eigenvalue weighted by atomic mass is 10.0. The number of thiazole rings is 1. The van der Waals surface area contributed by atoms with Crippen LogP contribution in [0, 0.1) is 25.2 Å². The van der Waals surface area contributed by atoms with Gasteiger partial charge in [0.15, 0.2) is 0 Å². The van der Waals surface area contributed by atoms with E-state index < -0.39 is 5.97 Å². The summed E-state index contributed by atoms with van der Waals surface area (Å²) in [6, 6.07) is 15.4. The van der Waals surface area contributed by atoms with Crippen LogP contribution < -0.4 is 5.32 Å². The number of ether oxygens (including phenoxy) is 1. The van der Waals surface area contributed by atoms with Crippen LogP contribution >= 0.6 is 11.3 Å². The molecule has 2 aromatic carbocycles. The quantitative estimate of drug-likeness (QED) is 0.429. The molecule has 0 saturated carbocycles. The largest absolute Gasteiger partial charge is 0.462 e. The molecule has 1 heterocycles. The zero-order chi connectivity index (χ0) is 20.8. The number of aromatic nitrogens is 1. The molecule has 0 amide bonds. The van der Waals surface area contributed by atoms with E-state index >= 15 is 0 Å². The van der Waals surface area contributed by atoms with E-state index in [2.05, 4.69) is 42.4 Å². The molecule has 3 aromatic rings. The summed E-state index contributed by atoms with van der Waals surface area (Å²) in [7, 11) is 0. The zero-order valence-electron chi connectivity index (χ0n) is 16.5. The van der Waals surface area contributed by atoms with Crippen molar-refractivity contribution in [2.24, 2.45) is 0 Å². The number of hydrogen-bond acceptors (Lipinski definition) is 6. The minimum atomic E-state index is -0.408. The van der Waals surface area contributed by atoms with Crippen molar-refractivity contribution in [3.05, 3.63) is 75.7 Å². The van der Waals surface area contributed by atoms with Crippen molar-refractivity contribution in [1.82, 2.24) is 4.98 Å². The second-order valence-corrected chi connectivity index (χ2v) is 7.29. The Labute approximate surface area is 174 Å². The first-order chi connectivity index (χ1) is 14.0. The first-order valence-corrected chi connectivity index (χ1v) is 10.1. The van der Waals surface area contributed by atoms with E-state index in [0.29, 0.717) is 28.4 Å². The van der Waals surface area contributed by atoms with Crippen LogP contribution in [0.2, 0.25) is 0 Å². The van der Waals surface area contributed by atoms with Crippen LogP contribution in [-0.2, 0) is 4.74 Å². The number of anilines is 1. The Balaban J connectivity index is 1.86. The number of benzene rings is 2. The fraction of sp³-hybridized carbons (Fsp3) is 0.174. The molecule has 0 bridgehead atoms. The van der Waals surface area contributed by atoms with E-state index in [4.69, 9.17) is 4.74 Å². The summed E-state index contributed by atoms with van der Waals surface area (Å²) in [5, 5.41) is 15.2. The van der Waals surface area contributed by atoms with E-state index in [1.54, 1.807) is 31.3 Å². The number of hydrogen-bond donors (Lipinski definition) is 1. The SMILES string of the molecule is CCOC(=O)c1ccccc1N/C=C(\C#N)c1nc(-c2ccc(C)cc2C)cs1. The molecule has 0 unspecified atom stereocenters. The molecule has 0 aliphatic heterocycles. The van der Waals surface area contributed by atoms with Crippen molar-refractivity contribution in [3.63, 3.8) is 0 Å². The second kappa shape index (κ2) is 9.18. The van der Waals surface area contributed by atoms with E-state index in [9.17, 15) is 10.1 Å². The van der Waals surface area contributed by atoms with Crippen LogP contribution in [-0.4, -0.2) is 17.6 Å². The number of allylic oxidation sites excluding steroid dienone is 1. The average molecular weight is 404 g/mol. The van der Waals surface area contributed by atoms with Gasteiger partial charge in [-0.25, -0.2) is 9.78 Å². The van der Waals surface area contributed by atoms with Gasteiger partial charge in [0.2, 0.25) is 0 Å². The highest BCUT2D eigenvalue weighted by molar-refractivity contribution is 7.11. The molecular formula is C23H21N3O2S. The number of esters is 1. The summed E-state index contributed by atoms with van der Waals surface area (Å²) < 4.78 is 5.08. The van der Waals surface area contributed by atoms with E-state index in [0.717, 1.165) is 16.8 Å². The van der Waals surface area contributed by atoms with E-state index in [1.807, 2.05) is 17.5 Å². The first kappa shape index (κ1) is 20.3. The van der Waals surface area contributed by atoms with Gasteiger partial charge in [-0.05, 0) is 38.5 Å². The Morgan fingerprint density at radius 2 is 2.07 bits per heavy atom.